The molecule has 0 saturated heterocycles. The van der Waals surface area contributed by atoms with Gasteiger partial charge in [0.25, 0.3) is 0 Å². The summed E-state index contributed by atoms with van der Waals surface area (Å²) in [6, 6.07) is 4.75. The highest BCUT2D eigenvalue weighted by Crippen LogP contribution is 2.17. The molecule has 0 unspecified atom stereocenters. The Morgan fingerprint density at radius 1 is 1.39 bits per heavy atom. The van der Waals surface area contributed by atoms with Gasteiger partial charge in [0.1, 0.15) is 0 Å². The van der Waals surface area contributed by atoms with Crippen LogP contribution in [0.3, 0.4) is 0 Å². The number of hydrogen-bond acceptors (Lipinski definition) is 4. The first kappa shape index (κ1) is 13.0. The van der Waals surface area contributed by atoms with Gasteiger partial charge in [-0.15, -0.1) is 0 Å². The molecule has 2 rings (SSSR count). The second kappa shape index (κ2) is 4.37. The Bertz CT molecular complexity index is 781. The summed E-state index contributed by atoms with van der Waals surface area (Å²) in [4.78, 5) is 12.1. The predicted octanol–water partition coefficient (Wildman–Crippen LogP) is 1.47. The van der Waals surface area contributed by atoms with Crippen LogP contribution in [0, 0.1) is 0 Å². The van der Waals surface area contributed by atoms with Crippen molar-refractivity contribution in [2.45, 2.75) is 18.5 Å². The van der Waals surface area contributed by atoms with Gasteiger partial charge in [-0.1, -0.05) is 11.6 Å². The van der Waals surface area contributed by atoms with Gasteiger partial charge in [0.15, 0.2) is 9.84 Å². The zero-order valence-electron chi connectivity index (χ0n) is 9.84. The Hall–Kier alpha value is -1.40. The molecule has 18 heavy (non-hydrogen) atoms. The molecule has 5 nitrogen and oxygen atoms in total. The maximum absolute atomic E-state index is 12.1. The van der Waals surface area contributed by atoms with Gasteiger partial charge in [-0.3, -0.25) is 9.48 Å². The number of aromatic nitrogens is 2. The molecule has 1 aromatic carbocycles. The van der Waals surface area contributed by atoms with E-state index in [1.807, 2.05) is 6.92 Å². The number of halogens is 1. The lowest BCUT2D eigenvalue weighted by Gasteiger charge is -2.09. The second-order valence-corrected chi connectivity index (χ2v) is 6.25. The van der Waals surface area contributed by atoms with Crippen LogP contribution in [0.5, 0.6) is 0 Å². The molecule has 0 atom stereocenters. The summed E-state index contributed by atoms with van der Waals surface area (Å²) in [6.45, 7) is 2.28. The van der Waals surface area contributed by atoms with Crippen molar-refractivity contribution in [2.75, 3.05) is 6.26 Å². The summed E-state index contributed by atoms with van der Waals surface area (Å²) >= 11 is 5.83. The molecule has 2 aromatic rings. The van der Waals surface area contributed by atoms with Crippen LogP contribution < -0.4 is 5.43 Å². The van der Waals surface area contributed by atoms with Gasteiger partial charge in [0.2, 0.25) is 10.5 Å². The van der Waals surface area contributed by atoms with E-state index in [1.54, 1.807) is 12.1 Å². The van der Waals surface area contributed by atoms with Crippen molar-refractivity contribution in [3.63, 3.8) is 0 Å². The van der Waals surface area contributed by atoms with E-state index in [2.05, 4.69) is 5.10 Å². The Kier molecular flexibility index (Phi) is 3.16. The molecule has 0 bridgehead atoms. The molecule has 96 valence electrons. The van der Waals surface area contributed by atoms with Crippen LogP contribution in [0.4, 0.5) is 0 Å². The SMILES string of the molecule is CCn1nc(S(C)(=O)=O)c(=O)c2cc(Cl)ccc21. The van der Waals surface area contributed by atoms with E-state index >= 15 is 0 Å². The third-order valence-electron chi connectivity index (χ3n) is 2.54. The zero-order valence-corrected chi connectivity index (χ0v) is 11.4. The van der Waals surface area contributed by atoms with Gasteiger partial charge in [0, 0.05) is 17.8 Å². The topological polar surface area (TPSA) is 69.0 Å². The van der Waals surface area contributed by atoms with Crippen LogP contribution in [0.25, 0.3) is 10.9 Å². The molecule has 0 radical (unpaired) electrons. The third-order valence-corrected chi connectivity index (χ3v) is 3.74. The van der Waals surface area contributed by atoms with Gasteiger partial charge in [-0.2, -0.15) is 5.10 Å². The van der Waals surface area contributed by atoms with Gasteiger partial charge in [0.05, 0.1) is 10.9 Å². The summed E-state index contributed by atoms with van der Waals surface area (Å²) in [5.74, 6) is 0. The molecule has 0 aliphatic carbocycles. The first-order valence-corrected chi connectivity index (χ1v) is 7.52. The second-order valence-electron chi connectivity index (χ2n) is 3.88. The van der Waals surface area contributed by atoms with Crippen molar-refractivity contribution in [3.05, 3.63) is 33.4 Å². The van der Waals surface area contributed by atoms with Crippen LogP contribution in [0.1, 0.15) is 6.92 Å². The molecule has 7 heteroatoms. The highest BCUT2D eigenvalue weighted by atomic mass is 35.5. The number of aryl methyl sites for hydroxylation is 1. The fourth-order valence-corrected chi connectivity index (χ4v) is 2.59. The van der Waals surface area contributed by atoms with Crippen molar-refractivity contribution >= 4 is 32.3 Å². The van der Waals surface area contributed by atoms with Crippen molar-refractivity contribution in [1.29, 1.82) is 0 Å². The van der Waals surface area contributed by atoms with E-state index in [9.17, 15) is 13.2 Å². The molecule has 0 aliphatic heterocycles. The highest BCUT2D eigenvalue weighted by molar-refractivity contribution is 7.90. The number of benzene rings is 1. The normalized spacial score (nSPS) is 11.9. The summed E-state index contributed by atoms with van der Waals surface area (Å²) in [5.41, 5.74) is -0.0426. The molecule has 0 spiro atoms. The standard InChI is InChI=1S/C11H11ClN2O3S/c1-3-14-9-5-4-7(12)6-8(9)10(15)11(13-14)18(2,16)17/h4-6H,3H2,1-2H3. The molecule has 1 heterocycles. The number of rotatable bonds is 2. The predicted molar refractivity (Wildman–Crippen MR) is 69.8 cm³/mol. The molecule has 1 aromatic heterocycles. The van der Waals surface area contributed by atoms with Crippen LogP contribution in [-0.2, 0) is 16.4 Å². The maximum atomic E-state index is 12.1. The lowest BCUT2D eigenvalue weighted by Crippen LogP contribution is -2.21. The van der Waals surface area contributed by atoms with E-state index in [0.29, 0.717) is 17.1 Å². The fraction of sp³-hybridized carbons (Fsp3) is 0.273. The molecule has 0 amide bonds. The minimum atomic E-state index is -3.66. The van der Waals surface area contributed by atoms with Gasteiger partial charge in [-0.25, -0.2) is 8.42 Å². The minimum absolute atomic E-state index is 0.264. The Morgan fingerprint density at radius 2 is 2.06 bits per heavy atom. The molecular formula is C11H11ClN2O3S. The van der Waals surface area contributed by atoms with Crippen molar-refractivity contribution in [3.8, 4) is 0 Å². The summed E-state index contributed by atoms with van der Waals surface area (Å²) in [7, 11) is -3.66. The maximum Gasteiger partial charge on any atom is 0.227 e. The Morgan fingerprint density at radius 3 is 2.61 bits per heavy atom. The molecule has 0 fully saturated rings. The average Bonchev–Trinajstić information content (AvgIpc) is 2.28. The first-order valence-electron chi connectivity index (χ1n) is 5.25. The number of hydrogen-bond donors (Lipinski definition) is 0. The molecule has 0 saturated carbocycles. The smallest absolute Gasteiger partial charge is 0.227 e. The van der Waals surface area contributed by atoms with Crippen LogP contribution >= 0.6 is 11.6 Å². The Balaban J connectivity index is 3.03. The lowest BCUT2D eigenvalue weighted by molar-refractivity contribution is 0.579. The average molecular weight is 287 g/mol. The molecule has 0 aliphatic rings. The summed E-state index contributed by atoms with van der Waals surface area (Å²) in [6.07, 6.45) is 0.965. The van der Waals surface area contributed by atoms with E-state index in [1.165, 1.54) is 10.7 Å². The van der Waals surface area contributed by atoms with Crippen molar-refractivity contribution in [2.24, 2.45) is 0 Å². The lowest BCUT2D eigenvalue weighted by atomic mass is 10.2. The fourth-order valence-electron chi connectivity index (χ4n) is 1.72. The largest absolute Gasteiger partial charge is 0.286 e. The van der Waals surface area contributed by atoms with Gasteiger partial charge < -0.3 is 0 Å². The number of sulfone groups is 1. The van der Waals surface area contributed by atoms with E-state index in [4.69, 9.17) is 11.6 Å². The summed E-state index contributed by atoms with van der Waals surface area (Å²) < 4.78 is 24.6. The quantitative estimate of drug-likeness (QED) is 0.838. The van der Waals surface area contributed by atoms with Gasteiger partial charge in [-0.05, 0) is 25.1 Å². The zero-order chi connectivity index (χ0) is 13.5. The third kappa shape index (κ3) is 2.13. The van der Waals surface area contributed by atoms with E-state index in [0.717, 1.165) is 6.26 Å². The van der Waals surface area contributed by atoms with Crippen LogP contribution in [0.15, 0.2) is 28.0 Å². The van der Waals surface area contributed by atoms with Crippen LogP contribution in [0.2, 0.25) is 5.02 Å². The highest BCUT2D eigenvalue weighted by Gasteiger charge is 2.18. The Labute approximate surface area is 109 Å². The number of fused-ring (bicyclic) bond motifs is 1. The monoisotopic (exact) mass is 286 g/mol. The minimum Gasteiger partial charge on any atom is -0.286 e. The molecular weight excluding hydrogens is 276 g/mol. The number of nitrogens with zero attached hydrogens (tertiary/aromatic N) is 2. The van der Waals surface area contributed by atoms with E-state index < -0.39 is 20.3 Å². The van der Waals surface area contributed by atoms with Gasteiger partial charge >= 0.3 is 0 Å². The molecule has 0 N–H and O–H groups in total. The van der Waals surface area contributed by atoms with Crippen molar-refractivity contribution in [1.82, 2.24) is 9.78 Å². The first-order chi connectivity index (χ1) is 8.34. The van der Waals surface area contributed by atoms with Crippen molar-refractivity contribution < 1.29 is 8.42 Å². The van der Waals surface area contributed by atoms with Crippen LogP contribution in [-0.4, -0.2) is 24.5 Å². The summed E-state index contributed by atoms with van der Waals surface area (Å²) in [5, 5.41) is 4.09. The van der Waals surface area contributed by atoms with E-state index in [-0.39, 0.29) is 5.39 Å².